The van der Waals surface area contributed by atoms with Gasteiger partial charge in [-0.3, -0.25) is 4.68 Å². The summed E-state index contributed by atoms with van der Waals surface area (Å²) in [7, 11) is 0. The van der Waals surface area contributed by atoms with Crippen molar-refractivity contribution in [2.24, 2.45) is 5.73 Å². The van der Waals surface area contributed by atoms with Gasteiger partial charge in [0.2, 0.25) is 5.95 Å². The molecule has 2 aromatic heterocycles. The third-order valence-corrected chi connectivity index (χ3v) is 2.60. The van der Waals surface area contributed by atoms with Crippen LogP contribution in [0.15, 0.2) is 31.1 Å². The van der Waals surface area contributed by atoms with Crippen molar-refractivity contribution in [1.29, 1.82) is 0 Å². The third-order valence-electron chi connectivity index (χ3n) is 2.60. The number of aromatic nitrogens is 3. The van der Waals surface area contributed by atoms with Crippen LogP contribution in [0.1, 0.15) is 23.7 Å². The highest BCUT2D eigenvalue weighted by molar-refractivity contribution is 5.60. The fourth-order valence-corrected chi connectivity index (χ4v) is 1.73. The largest absolute Gasteiger partial charge is 0.326 e. The van der Waals surface area contributed by atoms with Gasteiger partial charge >= 0.3 is 0 Å². The first-order valence-electron chi connectivity index (χ1n) is 5.63. The molecule has 0 fully saturated rings. The van der Waals surface area contributed by atoms with Crippen molar-refractivity contribution in [2.75, 3.05) is 0 Å². The van der Waals surface area contributed by atoms with E-state index >= 15 is 0 Å². The molecular weight excluding hydrogens is 231 g/mol. The third kappa shape index (κ3) is 2.62. The molecule has 0 unspecified atom stereocenters. The Morgan fingerprint density at radius 3 is 2.89 bits per heavy atom. The Kier molecular flexibility index (Phi) is 3.53. The van der Waals surface area contributed by atoms with Gasteiger partial charge in [-0.25, -0.2) is 4.98 Å². The minimum absolute atomic E-state index is 0.453. The summed E-state index contributed by atoms with van der Waals surface area (Å²) in [5.41, 5.74) is 8.69. The fraction of sp³-hybridized carbons (Fsp3) is 0.231. The van der Waals surface area contributed by atoms with Crippen LogP contribution in [-0.2, 0) is 13.1 Å². The van der Waals surface area contributed by atoms with Crippen LogP contribution in [0.5, 0.6) is 0 Å². The number of rotatable bonds is 4. The van der Waals surface area contributed by atoms with Gasteiger partial charge in [-0.05, 0) is 24.1 Å². The molecule has 0 spiro atoms. The number of nitrogens with two attached hydrogens (primary N) is 1. The highest BCUT2D eigenvalue weighted by atomic mass is 19.1. The monoisotopic (exact) mass is 246 g/mol. The van der Waals surface area contributed by atoms with Crippen molar-refractivity contribution >= 4 is 5.57 Å². The van der Waals surface area contributed by atoms with E-state index in [1.807, 2.05) is 6.20 Å². The molecule has 0 atom stereocenters. The highest BCUT2D eigenvalue weighted by Crippen LogP contribution is 2.16. The lowest BCUT2D eigenvalue weighted by atomic mass is 10.1. The Bertz CT molecular complexity index is 574. The Balaban J connectivity index is 2.30. The zero-order valence-corrected chi connectivity index (χ0v) is 10.2. The van der Waals surface area contributed by atoms with Gasteiger partial charge in [-0.15, -0.1) is 0 Å². The summed E-state index contributed by atoms with van der Waals surface area (Å²) >= 11 is 0. The maximum Gasteiger partial charge on any atom is 0.213 e. The smallest absolute Gasteiger partial charge is 0.213 e. The predicted molar refractivity (Wildman–Crippen MR) is 68.1 cm³/mol. The molecule has 0 aliphatic carbocycles. The van der Waals surface area contributed by atoms with E-state index in [9.17, 15) is 4.39 Å². The summed E-state index contributed by atoms with van der Waals surface area (Å²) < 4.78 is 14.9. The second kappa shape index (κ2) is 5.10. The molecule has 2 rings (SSSR count). The van der Waals surface area contributed by atoms with Crippen LogP contribution in [-0.4, -0.2) is 14.8 Å². The van der Waals surface area contributed by atoms with E-state index in [0.29, 0.717) is 18.8 Å². The number of allylic oxidation sites excluding steroid dienone is 1. The van der Waals surface area contributed by atoms with Gasteiger partial charge in [0.1, 0.15) is 0 Å². The second-order valence-corrected chi connectivity index (χ2v) is 4.17. The zero-order valence-electron chi connectivity index (χ0n) is 10.2. The summed E-state index contributed by atoms with van der Waals surface area (Å²) in [4.78, 5) is 3.86. The Morgan fingerprint density at radius 2 is 2.28 bits per heavy atom. The van der Waals surface area contributed by atoms with Gasteiger partial charge in [-0.1, -0.05) is 12.6 Å². The first kappa shape index (κ1) is 12.4. The molecule has 0 saturated carbocycles. The maximum atomic E-state index is 13.1. The lowest BCUT2D eigenvalue weighted by Gasteiger charge is -2.08. The lowest BCUT2D eigenvalue weighted by Crippen LogP contribution is -2.05. The molecule has 0 bridgehead atoms. The van der Waals surface area contributed by atoms with Crippen LogP contribution in [0.2, 0.25) is 0 Å². The van der Waals surface area contributed by atoms with Crippen molar-refractivity contribution in [3.8, 4) is 0 Å². The normalized spacial score (nSPS) is 10.6. The van der Waals surface area contributed by atoms with Crippen molar-refractivity contribution < 1.29 is 4.39 Å². The molecular formula is C13H15FN4. The van der Waals surface area contributed by atoms with E-state index in [1.54, 1.807) is 23.9 Å². The van der Waals surface area contributed by atoms with Crippen LogP contribution in [0, 0.1) is 5.95 Å². The lowest BCUT2D eigenvalue weighted by molar-refractivity contribution is 0.577. The molecule has 2 heterocycles. The average molecular weight is 246 g/mol. The molecule has 4 nitrogen and oxygen atoms in total. The van der Waals surface area contributed by atoms with Crippen molar-refractivity contribution in [3.05, 3.63) is 53.9 Å². The van der Waals surface area contributed by atoms with E-state index in [1.165, 1.54) is 6.07 Å². The molecule has 2 aromatic rings. The van der Waals surface area contributed by atoms with Crippen LogP contribution >= 0.6 is 0 Å². The number of pyridine rings is 1. The number of hydrogen-bond acceptors (Lipinski definition) is 3. The van der Waals surface area contributed by atoms with Gasteiger partial charge < -0.3 is 5.73 Å². The van der Waals surface area contributed by atoms with Crippen LogP contribution in [0.25, 0.3) is 5.57 Å². The van der Waals surface area contributed by atoms with E-state index in [-0.39, 0.29) is 0 Å². The Hall–Kier alpha value is -2.01. The molecule has 0 radical (unpaired) electrons. The van der Waals surface area contributed by atoms with Crippen LogP contribution in [0.3, 0.4) is 0 Å². The Morgan fingerprint density at radius 1 is 1.50 bits per heavy atom. The predicted octanol–water partition coefficient (Wildman–Crippen LogP) is 1.96. The van der Waals surface area contributed by atoms with Gasteiger partial charge in [0, 0.05) is 18.3 Å². The first-order valence-corrected chi connectivity index (χ1v) is 5.63. The minimum Gasteiger partial charge on any atom is -0.326 e. The molecule has 0 aromatic carbocycles. The van der Waals surface area contributed by atoms with Crippen molar-refractivity contribution in [3.63, 3.8) is 0 Å². The van der Waals surface area contributed by atoms with Gasteiger partial charge in [-0.2, -0.15) is 9.49 Å². The second-order valence-electron chi connectivity index (χ2n) is 4.17. The maximum absolute atomic E-state index is 13.1. The zero-order chi connectivity index (χ0) is 13.1. The van der Waals surface area contributed by atoms with Gasteiger partial charge in [0.15, 0.2) is 0 Å². The molecule has 0 amide bonds. The van der Waals surface area contributed by atoms with Gasteiger partial charge in [0.05, 0.1) is 18.4 Å². The van der Waals surface area contributed by atoms with E-state index in [0.717, 1.165) is 16.7 Å². The minimum atomic E-state index is -0.500. The van der Waals surface area contributed by atoms with E-state index < -0.39 is 5.95 Å². The quantitative estimate of drug-likeness (QED) is 0.839. The summed E-state index contributed by atoms with van der Waals surface area (Å²) in [5.74, 6) is -0.500. The summed E-state index contributed by atoms with van der Waals surface area (Å²) in [6.07, 6.45) is 3.59. The standard InChI is InChI=1S/C13H15FN4/c1-9(2)13-11(3-4-12(14)17-13)8-18-7-10(5-15)6-16-18/h3-4,6-7H,1,5,8,15H2,2H3. The number of halogens is 1. The molecule has 94 valence electrons. The molecule has 18 heavy (non-hydrogen) atoms. The van der Waals surface area contributed by atoms with Crippen LogP contribution in [0.4, 0.5) is 4.39 Å². The summed E-state index contributed by atoms with van der Waals surface area (Å²) in [6.45, 7) is 6.59. The highest BCUT2D eigenvalue weighted by Gasteiger charge is 2.08. The number of nitrogens with zero attached hydrogens (tertiary/aromatic N) is 3. The average Bonchev–Trinajstić information content (AvgIpc) is 2.79. The molecule has 0 aliphatic heterocycles. The molecule has 0 saturated heterocycles. The molecule has 5 heteroatoms. The van der Waals surface area contributed by atoms with Gasteiger partial charge in [0.25, 0.3) is 0 Å². The topological polar surface area (TPSA) is 56.7 Å². The van der Waals surface area contributed by atoms with Crippen LogP contribution < -0.4 is 5.73 Å². The first-order chi connectivity index (χ1) is 8.60. The van der Waals surface area contributed by atoms with Crippen molar-refractivity contribution in [2.45, 2.75) is 20.0 Å². The van der Waals surface area contributed by atoms with E-state index in [2.05, 4.69) is 16.7 Å². The molecule has 0 aliphatic rings. The fourth-order valence-electron chi connectivity index (χ4n) is 1.73. The molecule has 2 N–H and O–H groups in total. The number of hydrogen-bond donors (Lipinski definition) is 1. The van der Waals surface area contributed by atoms with E-state index in [4.69, 9.17) is 5.73 Å². The summed E-state index contributed by atoms with van der Waals surface area (Å²) in [6, 6.07) is 3.05. The van der Waals surface area contributed by atoms with Crippen molar-refractivity contribution in [1.82, 2.24) is 14.8 Å². The summed E-state index contributed by atoms with van der Waals surface area (Å²) in [5, 5.41) is 4.19. The Labute approximate surface area is 105 Å². The SMILES string of the molecule is C=C(C)c1nc(F)ccc1Cn1cc(CN)cn1.